The summed E-state index contributed by atoms with van der Waals surface area (Å²) in [5.41, 5.74) is 2.49. The molecule has 0 saturated heterocycles. The molecule has 0 fully saturated rings. The van der Waals surface area contributed by atoms with Gasteiger partial charge in [-0.15, -0.1) is 0 Å². The molecular formula is C13H18O4. The molecule has 0 spiro atoms. The predicted molar refractivity (Wildman–Crippen MR) is 63.8 cm³/mol. The summed E-state index contributed by atoms with van der Waals surface area (Å²) in [6.45, 7) is 6.99. The number of rotatable bonds is 6. The zero-order valence-corrected chi connectivity index (χ0v) is 10.5. The van der Waals surface area contributed by atoms with E-state index in [-0.39, 0.29) is 6.61 Å². The zero-order valence-electron chi connectivity index (χ0n) is 10.5. The van der Waals surface area contributed by atoms with Crippen LogP contribution in [0.5, 0.6) is 0 Å². The van der Waals surface area contributed by atoms with Crippen molar-refractivity contribution in [2.24, 2.45) is 0 Å². The van der Waals surface area contributed by atoms with Crippen molar-refractivity contribution in [1.29, 1.82) is 0 Å². The van der Waals surface area contributed by atoms with Crippen LogP contribution in [0.4, 0.5) is 0 Å². The van der Waals surface area contributed by atoms with Crippen molar-refractivity contribution >= 4 is 5.97 Å². The van der Waals surface area contributed by atoms with E-state index in [9.17, 15) is 4.79 Å². The lowest BCUT2D eigenvalue weighted by molar-refractivity contribution is -0.247. The predicted octanol–water partition coefficient (Wildman–Crippen LogP) is 2.43. The maximum absolute atomic E-state index is 11.7. The third-order valence-electron chi connectivity index (χ3n) is 2.47. The molecule has 0 bridgehead atoms. The highest BCUT2D eigenvalue weighted by Crippen LogP contribution is 2.13. The third-order valence-corrected chi connectivity index (χ3v) is 2.47. The number of carbonyl (C=O) groups is 1. The van der Waals surface area contributed by atoms with E-state index in [0.29, 0.717) is 18.8 Å². The molecule has 0 heterocycles. The lowest BCUT2D eigenvalue weighted by Crippen LogP contribution is -2.11. The molecule has 0 saturated carbocycles. The first-order valence-electron chi connectivity index (χ1n) is 5.64. The van der Waals surface area contributed by atoms with E-state index in [0.717, 1.165) is 11.1 Å². The molecule has 0 aliphatic heterocycles. The van der Waals surface area contributed by atoms with Crippen LogP contribution in [-0.4, -0.2) is 25.8 Å². The molecule has 0 amide bonds. The average molecular weight is 238 g/mol. The molecule has 4 nitrogen and oxygen atoms in total. The van der Waals surface area contributed by atoms with Crippen molar-refractivity contribution < 1.29 is 19.3 Å². The summed E-state index contributed by atoms with van der Waals surface area (Å²) in [5, 5.41) is 0. The van der Waals surface area contributed by atoms with Gasteiger partial charge in [0.25, 0.3) is 0 Å². The molecule has 0 radical (unpaired) electrons. The Bertz CT molecular complexity index is 374. The Kier molecular flexibility index (Phi) is 5.66. The summed E-state index contributed by atoms with van der Waals surface area (Å²) in [4.78, 5) is 21.1. The molecule has 1 rings (SSSR count). The molecule has 1 aromatic rings. The first-order valence-corrected chi connectivity index (χ1v) is 5.64. The molecule has 94 valence electrons. The molecule has 1 aromatic carbocycles. The Morgan fingerprint density at radius 3 is 2.71 bits per heavy atom. The molecule has 4 heteroatoms. The monoisotopic (exact) mass is 238 g/mol. The summed E-state index contributed by atoms with van der Waals surface area (Å²) in [5.74, 6) is -0.470. The maximum Gasteiger partial charge on any atom is 0.373 e. The van der Waals surface area contributed by atoms with E-state index in [2.05, 4.69) is 0 Å². The van der Waals surface area contributed by atoms with Gasteiger partial charge in [0.15, 0.2) is 0 Å². The molecule has 0 aliphatic rings. The first-order chi connectivity index (χ1) is 8.16. The first kappa shape index (κ1) is 13.7. The van der Waals surface area contributed by atoms with Gasteiger partial charge in [-0.3, -0.25) is 4.89 Å². The van der Waals surface area contributed by atoms with Crippen LogP contribution in [0.15, 0.2) is 18.2 Å². The molecule has 0 N–H and O–H groups in total. The fraction of sp³-hybridized carbons (Fsp3) is 0.462. The highest BCUT2D eigenvalue weighted by atomic mass is 17.2. The number of aryl methyl sites for hydroxylation is 1. The fourth-order valence-electron chi connectivity index (χ4n) is 1.35. The van der Waals surface area contributed by atoms with E-state index in [1.54, 1.807) is 6.07 Å². The van der Waals surface area contributed by atoms with Crippen molar-refractivity contribution in [3.63, 3.8) is 0 Å². The van der Waals surface area contributed by atoms with E-state index in [4.69, 9.17) is 14.5 Å². The highest BCUT2D eigenvalue weighted by molar-refractivity contribution is 5.90. The standard InChI is InChI=1S/C13H18O4/c1-4-15-8-9-16-17-13(14)12-7-5-6-10(2)11(12)3/h5-7H,4,8-9H2,1-3H3. The zero-order chi connectivity index (χ0) is 12.7. The number of carbonyl (C=O) groups excluding carboxylic acids is 1. The normalized spacial score (nSPS) is 10.3. The molecule has 17 heavy (non-hydrogen) atoms. The van der Waals surface area contributed by atoms with Gasteiger partial charge in [-0.2, -0.15) is 4.89 Å². The molecular weight excluding hydrogens is 220 g/mol. The minimum atomic E-state index is -0.470. The second-order valence-corrected chi connectivity index (χ2v) is 3.64. The van der Waals surface area contributed by atoms with Crippen LogP contribution in [0.2, 0.25) is 0 Å². The van der Waals surface area contributed by atoms with Crippen LogP contribution in [-0.2, 0) is 14.5 Å². The number of hydrogen-bond acceptors (Lipinski definition) is 4. The van der Waals surface area contributed by atoms with E-state index < -0.39 is 5.97 Å². The SMILES string of the molecule is CCOCCOOC(=O)c1cccc(C)c1C. The van der Waals surface area contributed by atoms with Crippen molar-refractivity contribution in [3.8, 4) is 0 Å². The van der Waals surface area contributed by atoms with Gasteiger partial charge in [-0.25, -0.2) is 4.79 Å². The topological polar surface area (TPSA) is 44.8 Å². The van der Waals surface area contributed by atoms with Crippen molar-refractivity contribution in [2.45, 2.75) is 20.8 Å². The molecule has 0 aliphatic carbocycles. The molecule has 0 aromatic heterocycles. The van der Waals surface area contributed by atoms with E-state index in [1.807, 2.05) is 32.9 Å². The second kappa shape index (κ2) is 7.04. The Hall–Kier alpha value is -1.39. The van der Waals surface area contributed by atoms with Crippen molar-refractivity contribution in [1.82, 2.24) is 0 Å². The smallest absolute Gasteiger partial charge is 0.373 e. The Labute approximate surface area is 101 Å². The van der Waals surface area contributed by atoms with E-state index >= 15 is 0 Å². The summed E-state index contributed by atoms with van der Waals surface area (Å²) >= 11 is 0. The summed E-state index contributed by atoms with van der Waals surface area (Å²) < 4.78 is 5.05. The van der Waals surface area contributed by atoms with Crippen LogP contribution in [0.3, 0.4) is 0 Å². The Morgan fingerprint density at radius 1 is 1.24 bits per heavy atom. The lowest BCUT2D eigenvalue weighted by atomic mass is 10.0. The van der Waals surface area contributed by atoms with Gasteiger partial charge in [0.1, 0.15) is 6.61 Å². The highest BCUT2D eigenvalue weighted by Gasteiger charge is 2.12. The van der Waals surface area contributed by atoms with Gasteiger partial charge < -0.3 is 4.74 Å². The maximum atomic E-state index is 11.7. The lowest BCUT2D eigenvalue weighted by Gasteiger charge is -2.07. The summed E-state index contributed by atoms with van der Waals surface area (Å²) in [6.07, 6.45) is 0. The quantitative estimate of drug-likeness (QED) is 0.434. The number of ether oxygens (including phenoxy) is 1. The van der Waals surface area contributed by atoms with Crippen LogP contribution >= 0.6 is 0 Å². The van der Waals surface area contributed by atoms with E-state index in [1.165, 1.54) is 0 Å². The van der Waals surface area contributed by atoms with Crippen LogP contribution in [0, 0.1) is 13.8 Å². The van der Waals surface area contributed by atoms with Gasteiger partial charge >= 0.3 is 5.97 Å². The summed E-state index contributed by atoms with van der Waals surface area (Å²) in [6, 6.07) is 5.48. The van der Waals surface area contributed by atoms with Gasteiger partial charge in [-0.1, -0.05) is 12.1 Å². The van der Waals surface area contributed by atoms with Gasteiger partial charge in [-0.05, 0) is 38.0 Å². The minimum absolute atomic E-state index is 0.241. The third kappa shape index (κ3) is 4.17. The van der Waals surface area contributed by atoms with Gasteiger partial charge in [0, 0.05) is 6.61 Å². The van der Waals surface area contributed by atoms with Gasteiger partial charge in [0.2, 0.25) is 0 Å². The van der Waals surface area contributed by atoms with Gasteiger partial charge in [0.05, 0.1) is 12.2 Å². The number of benzene rings is 1. The van der Waals surface area contributed by atoms with Crippen LogP contribution in [0.25, 0.3) is 0 Å². The summed E-state index contributed by atoms with van der Waals surface area (Å²) in [7, 11) is 0. The number of hydrogen-bond donors (Lipinski definition) is 0. The second-order valence-electron chi connectivity index (χ2n) is 3.64. The molecule has 0 atom stereocenters. The molecule has 0 unspecified atom stereocenters. The fourth-order valence-corrected chi connectivity index (χ4v) is 1.35. The van der Waals surface area contributed by atoms with Crippen molar-refractivity contribution in [2.75, 3.05) is 19.8 Å². The van der Waals surface area contributed by atoms with Crippen LogP contribution in [0.1, 0.15) is 28.4 Å². The largest absolute Gasteiger partial charge is 0.379 e. The van der Waals surface area contributed by atoms with Crippen LogP contribution < -0.4 is 0 Å². The Morgan fingerprint density at radius 2 is 2.00 bits per heavy atom. The Balaban J connectivity index is 2.44. The average Bonchev–Trinajstić information content (AvgIpc) is 2.32. The van der Waals surface area contributed by atoms with Crippen molar-refractivity contribution in [3.05, 3.63) is 34.9 Å². The minimum Gasteiger partial charge on any atom is -0.379 e.